The van der Waals surface area contributed by atoms with Gasteiger partial charge in [0.05, 0.1) is 5.56 Å². The molecular weight excluding hydrogens is 231 g/mol. The first-order valence-electron chi connectivity index (χ1n) is 4.71. The maximum absolute atomic E-state index is 12.6. The number of pyridine rings is 2. The molecule has 0 aliphatic carbocycles. The molecule has 17 heavy (non-hydrogen) atoms. The van der Waals surface area contributed by atoms with Gasteiger partial charge >= 0.3 is 6.18 Å². The van der Waals surface area contributed by atoms with E-state index in [1.54, 1.807) is 12.1 Å². The number of nitrogens with zero attached hydrogens (tertiary/aromatic N) is 2. The predicted octanol–water partition coefficient (Wildman–Crippen LogP) is 2.74. The normalized spacial score (nSPS) is 11.5. The van der Waals surface area contributed by atoms with Crippen LogP contribution in [0.15, 0.2) is 36.8 Å². The Labute approximate surface area is 95.1 Å². The van der Waals surface area contributed by atoms with Gasteiger partial charge in [-0.2, -0.15) is 13.2 Å². The van der Waals surface area contributed by atoms with E-state index in [4.69, 9.17) is 5.73 Å². The molecule has 0 radical (unpaired) electrons. The highest BCUT2D eigenvalue weighted by Gasteiger charge is 2.34. The number of nitrogen functional groups attached to an aromatic ring is 1. The fourth-order valence-corrected chi connectivity index (χ4v) is 1.40. The minimum absolute atomic E-state index is 0.355. The lowest BCUT2D eigenvalue weighted by Crippen LogP contribution is -2.10. The lowest BCUT2D eigenvalue weighted by atomic mass is 10.1. The Balaban J connectivity index is 2.53. The maximum Gasteiger partial charge on any atom is 0.419 e. The van der Waals surface area contributed by atoms with Crippen molar-refractivity contribution in [3.8, 4) is 11.1 Å². The zero-order chi connectivity index (χ0) is 12.5. The highest BCUT2D eigenvalue weighted by atomic mass is 19.4. The number of nitrogens with two attached hydrogens (primary N) is 1. The number of hydrogen-bond acceptors (Lipinski definition) is 3. The summed E-state index contributed by atoms with van der Waals surface area (Å²) >= 11 is 0. The van der Waals surface area contributed by atoms with E-state index in [1.807, 2.05) is 0 Å². The molecule has 0 bridgehead atoms. The van der Waals surface area contributed by atoms with Crippen LogP contribution in [0.5, 0.6) is 0 Å². The molecule has 2 aromatic rings. The van der Waals surface area contributed by atoms with Gasteiger partial charge in [-0.25, -0.2) is 4.98 Å². The molecule has 88 valence electrons. The van der Waals surface area contributed by atoms with E-state index in [0.717, 1.165) is 6.07 Å². The van der Waals surface area contributed by atoms with Crippen molar-refractivity contribution < 1.29 is 13.2 Å². The zero-order valence-corrected chi connectivity index (χ0v) is 8.57. The molecule has 0 spiro atoms. The van der Waals surface area contributed by atoms with Crippen molar-refractivity contribution in [1.29, 1.82) is 0 Å². The van der Waals surface area contributed by atoms with E-state index in [2.05, 4.69) is 9.97 Å². The van der Waals surface area contributed by atoms with Crippen molar-refractivity contribution >= 4 is 5.82 Å². The maximum atomic E-state index is 12.6. The van der Waals surface area contributed by atoms with Gasteiger partial charge in [-0.05, 0) is 23.8 Å². The molecule has 2 N–H and O–H groups in total. The standard InChI is InChI=1S/C11H8F3N3/c12-11(13,14)9-5-8(6-17-10(9)15)7-1-3-16-4-2-7/h1-6H,(H2,15,17). The molecule has 2 aromatic heterocycles. The fraction of sp³-hybridized carbons (Fsp3) is 0.0909. The van der Waals surface area contributed by atoms with Crippen LogP contribution in [0.4, 0.5) is 19.0 Å². The van der Waals surface area contributed by atoms with Gasteiger partial charge in [0.2, 0.25) is 0 Å². The van der Waals surface area contributed by atoms with Gasteiger partial charge in [0.15, 0.2) is 0 Å². The average molecular weight is 239 g/mol. The molecule has 0 atom stereocenters. The molecule has 3 nitrogen and oxygen atoms in total. The first-order chi connectivity index (χ1) is 7.98. The van der Waals surface area contributed by atoms with E-state index in [9.17, 15) is 13.2 Å². The summed E-state index contributed by atoms with van der Waals surface area (Å²) in [7, 11) is 0. The number of aromatic nitrogens is 2. The quantitative estimate of drug-likeness (QED) is 0.832. The molecule has 6 heteroatoms. The van der Waals surface area contributed by atoms with Crippen LogP contribution in [0.3, 0.4) is 0 Å². The Bertz CT molecular complexity index is 523. The summed E-state index contributed by atoms with van der Waals surface area (Å²) in [6.07, 6.45) is -0.196. The first kappa shape index (κ1) is 11.4. The molecule has 0 aliphatic heterocycles. The molecular formula is C11H8F3N3. The van der Waals surface area contributed by atoms with Gasteiger partial charge < -0.3 is 5.73 Å². The van der Waals surface area contributed by atoms with Crippen molar-refractivity contribution in [2.45, 2.75) is 6.18 Å². The van der Waals surface area contributed by atoms with Crippen LogP contribution in [0, 0.1) is 0 Å². The minimum Gasteiger partial charge on any atom is -0.383 e. The van der Waals surface area contributed by atoms with Gasteiger partial charge in [-0.15, -0.1) is 0 Å². The van der Waals surface area contributed by atoms with Crippen LogP contribution < -0.4 is 5.73 Å². The molecule has 0 aliphatic rings. The highest BCUT2D eigenvalue weighted by molar-refractivity contribution is 5.65. The van der Waals surface area contributed by atoms with Crippen LogP contribution in [0.1, 0.15) is 5.56 Å². The number of anilines is 1. The number of rotatable bonds is 1. The van der Waals surface area contributed by atoms with Crippen LogP contribution in [-0.2, 0) is 6.18 Å². The molecule has 0 saturated carbocycles. The molecule has 2 rings (SSSR count). The molecule has 0 fully saturated rings. The molecule has 0 saturated heterocycles. The van der Waals surface area contributed by atoms with Gasteiger partial charge in [-0.3, -0.25) is 4.98 Å². The Hall–Kier alpha value is -2.11. The van der Waals surface area contributed by atoms with Crippen molar-refractivity contribution in [2.75, 3.05) is 5.73 Å². The lowest BCUT2D eigenvalue weighted by molar-refractivity contribution is -0.137. The minimum atomic E-state index is -4.50. The molecule has 0 amide bonds. The second kappa shape index (κ2) is 4.04. The lowest BCUT2D eigenvalue weighted by Gasteiger charge is -2.10. The third-order valence-corrected chi connectivity index (χ3v) is 2.24. The van der Waals surface area contributed by atoms with Crippen molar-refractivity contribution in [1.82, 2.24) is 9.97 Å². The monoisotopic (exact) mass is 239 g/mol. The van der Waals surface area contributed by atoms with Gasteiger partial charge in [0.25, 0.3) is 0 Å². The second-order valence-electron chi connectivity index (χ2n) is 3.39. The van der Waals surface area contributed by atoms with E-state index in [1.165, 1.54) is 18.6 Å². The summed E-state index contributed by atoms with van der Waals surface area (Å²) in [6.45, 7) is 0. The van der Waals surface area contributed by atoms with Crippen LogP contribution >= 0.6 is 0 Å². The second-order valence-corrected chi connectivity index (χ2v) is 3.39. The largest absolute Gasteiger partial charge is 0.419 e. The molecule has 0 unspecified atom stereocenters. The number of halogens is 3. The highest BCUT2D eigenvalue weighted by Crippen LogP contribution is 2.34. The third kappa shape index (κ3) is 2.35. The van der Waals surface area contributed by atoms with E-state index in [-0.39, 0.29) is 0 Å². The number of hydrogen-bond donors (Lipinski definition) is 1. The fourth-order valence-electron chi connectivity index (χ4n) is 1.40. The average Bonchev–Trinajstić information content (AvgIpc) is 2.29. The first-order valence-corrected chi connectivity index (χ1v) is 4.71. The third-order valence-electron chi connectivity index (χ3n) is 2.24. The molecule has 2 heterocycles. The Morgan fingerprint density at radius 1 is 1.06 bits per heavy atom. The van der Waals surface area contributed by atoms with Crippen LogP contribution in [-0.4, -0.2) is 9.97 Å². The summed E-state index contributed by atoms with van der Waals surface area (Å²) in [5.41, 5.74) is 5.25. The van der Waals surface area contributed by atoms with Crippen LogP contribution in [0.2, 0.25) is 0 Å². The SMILES string of the molecule is Nc1ncc(-c2ccncc2)cc1C(F)(F)F. The summed E-state index contributed by atoms with van der Waals surface area (Å²) in [5.74, 6) is -0.518. The van der Waals surface area contributed by atoms with E-state index >= 15 is 0 Å². The van der Waals surface area contributed by atoms with Crippen molar-refractivity contribution in [2.24, 2.45) is 0 Å². The van der Waals surface area contributed by atoms with E-state index < -0.39 is 17.6 Å². The summed E-state index contributed by atoms with van der Waals surface area (Å²) in [5, 5.41) is 0. The van der Waals surface area contributed by atoms with Gasteiger partial charge in [0.1, 0.15) is 5.82 Å². The smallest absolute Gasteiger partial charge is 0.383 e. The predicted molar refractivity (Wildman–Crippen MR) is 56.9 cm³/mol. The zero-order valence-electron chi connectivity index (χ0n) is 8.57. The Morgan fingerprint density at radius 2 is 1.71 bits per heavy atom. The summed E-state index contributed by atoms with van der Waals surface area (Å²) in [4.78, 5) is 7.35. The van der Waals surface area contributed by atoms with Gasteiger partial charge in [0, 0.05) is 24.2 Å². The summed E-state index contributed by atoms with van der Waals surface area (Å²) < 4.78 is 37.8. The summed E-state index contributed by atoms with van der Waals surface area (Å²) in [6, 6.07) is 4.19. The molecule has 0 aromatic carbocycles. The topological polar surface area (TPSA) is 51.8 Å². The van der Waals surface area contributed by atoms with E-state index in [0.29, 0.717) is 11.1 Å². The van der Waals surface area contributed by atoms with Crippen molar-refractivity contribution in [3.05, 3.63) is 42.4 Å². The Kier molecular flexibility index (Phi) is 2.71. The Morgan fingerprint density at radius 3 is 2.29 bits per heavy atom. The van der Waals surface area contributed by atoms with Crippen molar-refractivity contribution in [3.63, 3.8) is 0 Å². The van der Waals surface area contributed by atoms with Crippen LogP contribution in [0.25, 0.3) is 11.1 Å². The number of alkyl halides is 3. The van der Waals surface area contributed by atoms with Gasteiger partial charge in [-0.1, -0.05) is 0 Å².